The summed E-state index contributed by atoms with van der Waals surface area (Å²) in [6, 6.07) is 0. The molecule has 2 fully saturated rings. The summed E-state index contributed by atoms with van der Waals surface area (Å²) >= 11 is 0. The second-order valence-electron chi connectivity index (χ2n) is 4.59. The number of carbonyl (C=O) groups is 1. The fourth-order valence-corrected chi connectivity index (χ4v) is 2.70. The maximum absolute atomic E-state index is 11.3. The monoisotopic (exact) mass is 154 g/mol. The van der Waals surface area contributed by atoms with E-state index < -0.39 is 6.10 Å². The number of Topliss-reactive ketones (excluding diaryl/α,β-unsaturated/α-hetero) is 1. The summed E-state index contributed by atoms with van der Waals surface area (Å²) in [6.45, 7) is 4.25. The molecule has 2 nitrogen and oxygen atoms in total. The topological polar surface area (TPSA) is 37.3 Å². The van der Waals surface area contributed by atoms with Crippen LogP contribution in [0.1, 0.15) is 26.7 Å². The highest BCUT2D eigenvalue weighted by molar-refractivity contribution is 5.89. The van der Waals surface area contributed by atoms with E-state index in [9.17, 15) is 9.90 Å². The number of hydrogen-bond acceptors (Lipinski definition) is 2. The van der Waals surface area contributed by atoms with E-state index in [0.29, 0.717) is 0 Å². The normalized spacial score (nSPS) is 46.8. The van der Waals surface area contributed by atoms with Crippen molar-refractivity contribution in [1.29, 1.82) is 0 Å². The average Bonchev–Trinajstić information content (AvgIpc) is 2.31. The van der Waals surface area contributed by atoms with Crippen molar-refractivity contribution in [2.45, 2.75) is 32.8 Å². The molecule has 62 valence electrons. The zero-order chi connectivity index (χ0) is 8.22. The largest absolute Gasteiger partial charge is 0.385 e. The number of carbonyl (C=O) groups excluding carboxylic acids is 1. The molecule has 2 aliphatic carbocycles. The molecular weight excluding hydrogens is 140 g/mol. The molecule has 0 saturated heterocycles. The Labute approximate surface area is 66.6 Å². The van der Waals surface area contributed by atoms with Crippen LogP contribution in [0.4, 0.5) is 0 Å². The third kappa shape index (κ3) is 0.791. The van der Waals surface area contributed by atoms with Crippen molar-refractivity contribution in [2.75, 3.05) is 0 Å². The van der Waals surface area contributed by atoms with E-state index in [2.05, 4.69) is 13.8 Å². The van der Waals surface area contributed by atoms with Gasteiger partial charge in [-0.3, -0.25) is 4.79 Å². The zero-order valence-corrected chi connectivity index (χ0v) is 7.00. The number of hydrogen-bond donors (Lipinski definition) is 1. The molecule has 0 radical (unpaired) electrons. The molecule has 2 aliphatic rings. The van der Waals surface area contributed by atoms with Crippen molar-refractivity contribution < 1.29 is 9.90 Å². The van der Waals surface area contributed by atoms with Crippen LogP contribution in [0.3, 0.4) is 0 Å². The van der Waals surface area contributed by atoms with Crippen LogP contribution in [0.2, 0.25) is 0 Å². The first kappa shape index (κ1) is 7.29. The van der Waals surface area contributed by atoms with Gasteiger partial charge in [0.05, 0.1) is 0 Å². The van der Waals surface area contributed by atoms with Crippen molar-refractivity contribution in [3.63, 3.8) is 0 Å². The Morgan fingerprint density at radius 3 is 2.55 bits per heavy atom. The molecule has 0 aliphatic heterocycles. The van der Waals surface area contributed by atoms with E-state index >= 15 is 0 Å². The van der Waals surface area contributed by atoms with E-state index in [1.165, 1.54) is 0 Å². The number of rotatable bonds is 0. The lowest BCUT2D eigenvalue weighted by Crippen LogP contribution is -2.36. The predicted molar refractivity (Wildman–Crippen MR) is 41.0 cm³/mol. The molecule has 2 rings (SSSR count). The highest BCUT2D eigenvalue weighted by Crippen LogP contribution is 2.53. The third-order valence-corrected chi connectivity index (χ3v) is 3.35. The Morgan fingerprint density at radius 2 is 2.18 bits per heavy atom. The van der Waals surface area contributed by atoms with Crippen LogP contribution in [0.15, 0.2) is 0 Å². The zero-order valence-electron chi connectivity index (χ0n) is 7.00. The highest BCUT2D eigenvalue weighted by Gasteiger charge is 2.55. The first-order valence-corrected chi connectivity index (χ1v) is 4.24. The van der Waals surface area contributed by atoms with Crippen molar-refractivity contribution in [3.05, 3.63) is 0 Å². The summed E-state index contributed by atoms with van der Waals surface area (Å²) in [7, 11) is 0. The van der Waals surface area contributed by atoms with Gasteiger partial charge in [-0.15, -0.1) is 0 Å². The van der Waals surface area contributed by atoms with Gasteiger partial charge in [-0.05, 0) is 24.2 Å². The summed E-state index contributed by atoms with van der Waals surface area (Å²) in [5.41, 5.74) is 0.154. The molecule has 0 spiro atoms. The first-order valence-electron chi connectivity index (χ1n) is 4.24. The van der Waals surface area contributed by atoms with E-state index in [1.807, 2.05) is 0 Å². The van der Waals surface area contributed by atoms with Crippen molar-refractivity contribution in [2.24, 2.45) is 17.3 Å². The van der Waals surface area contributed by atoms with Crippen LogP contribution in [-0.2, 0) is 4.79 Å². The molecule has 0 heterocycles. The minimum atomic E-state index is -0.631. The molecule has 0 aromatic heterocycles. The lowest BCUT2D eigenvalue weighted by molar-refractivity contribution is -0.134. The Morgan fingerprint density at radius 1 is 1.55 bits per heavy atom. The van der Waals surface area contributed by atoms with Gasteiger partial charge in [0, 0.05) is 5.92 Å². The smallest absolute Gasteiger partial charge is 0.165 e. The Kier molecular flexibility index (Phi) is 1.23. The summed E-state index contributed by atoms with van der Waals surface area (Å²) in [5.74, 6) is 0.497. The minimum Gasteiger partial charge on any atom is -0.385 e. The van der Waals surface area contributed by atoms with Crippen LogP contribution in [0.5, 0.6) is 0 Å². The van der Waals surface area contributed by atoms with Gasteiger partial charge in [0.1, 0.15) is 6.10 Å². The molecule has 0 aromatic carbocycles. The number of aliphatic hydroxyl groups is 1. The van der Waals surface area contributed by atoms with Gasteiger partial charge in [-0.2, -0.15) is 0 Å². The standard InChI is InChI=1S/C9H14O2/c1-9(2)4-5-3-6(9)8(11)7(5)10/h5-7,10H,3-4H2,1-2H3. The van der Waals surface area contributed by atoms with Crippen LogP contribution in [0, 0.1) is 17.3 Å². The highest BCUT2D eigenvalue weighted by atomic mass is 16.3. The van der Waals surface area contributed by atoms with Gasteiger partial charge in [0.2, 0.25) is 0 Å². The van der Waals surface area contributed by atoms with Crippen LogP contribution in [-0.4, -0.2) is 17.0 Å². The second-order valence-corrected chi connectivity index (χ2v) is 4.59. The number of aliphatic hydroxyl groups excluding tert-OH is 1. The van der Waals surface area contributed by atoms with Crippen molar-refractivity contribution >= 4 is 5.78 Å². The minimum absolute atomic E-state index is 0.0891. The molecule has 0 aromatic rings. The Hall–Kier alpha value is -0.370. The van der Waals surface area contributed by atoms with Crippen LogP contribution < -0.4 is 0 Å². The molecule has 2 bridgehead atoms. The SMILES string of the molecule is CC1(C)CC2CC1C(=O)C2O. The summed E-state index contributed by atoms with van der Waals surface area (Å²) in [6.07, 6.45) is 1.31. The summed E-state index contributed by atoms with van der Waals surface area (Å²) in [4.78, 5) is 11.3. The molecule has 1 N–H and O–H groups in total. The number of fused-ring (bicyclic) bond motifs is 2. The molecule has 11 heavy (non-hydrogen) atoms. The fraction of sp³-hybridized carbons (Fsp3) is 0.889. The quantitative estimate of drug-likeness (QED) is 0.564. The maximum atomic E-state index is 11.3. The Bertz CT molecular complexity index is 208. The first-order chi connectivity index (χ1) is 5.02. The van der Waals surface area contributed by atoms with E-state index in [1.54, 1.807) is 0 Å². The van der Waals surface area contributed by atoms with Crippen LogP contribution >= 0.6 is 0 Å². The molecule has 3 atom stereocenters. The van der Waals surface area contributed by atoms with Gasteiger partial charge in [-0.25, -0.2) is 0 Å². The van der Waals surface area contributed by atoms with Crippen molar-refractivity contribution in [1.82, 2.24) is 0 Å². The fourth-order valence-electron chi connectivity index (χ4n) is 2.70. The molecule has 2 saturated carbocycles. The van der Waals surface area contributed by atoms with Crippen LogP contribution in [0.25, 0.3) is 0 Å². The van der Waals surface area contributed by atoms with Gasteiger partial charge in [0.15, 0.2) is 5.78 Å². The van der Waals surface area contributed by atoms with Crippen molar-refractivity contribution in [3.8, 4) is 0 Å². The van der Waals surface area contributed by atoms with E-state index in [0.717, 1.165) is 12.8 Å². The van der Waals surface area contributed by atoms with E-state index in [4.69, 9.17) is 0 Å². The lowest BCUT2D eigenvalue weighted by Gasteiger charge is -2.30. The molecular formula is C9H14O2. The predicted octanol–water partition coefficient (Wildman–Crippen LogP) is 0.982. The summed E-state index contributed by atoms with van der Waals surface area (Å²) in [5, 5.41) is 9.37. The van der Waals surface area contributed by atoms with Gasteiger partial charge >= 0.3 is 0 Å². The maximum Gasteiger partial charge on any atom is 0.165 e. The van der Waals surface area contributed by atoms with Gasteiger partial charge in [0.25, 0.3) is 0 Å². The molecule has 3 unspecified atom stereocenters. The molecule has 0 amide bonds. The Balaban J connectivity index is 2.30. The second kappa shape index (κ2) is 1.86. The number of ketones is 1. The average molecular weight is 154 g/mol. The van der Waals surface area contributed by atoms with Gasteiger partial charge < -0.3 is 5.11 Å². The lowest BCUT2D eigenvalue weighted by atomic mass is 9.75. The summed E-state index contributed by atoms with van der Waals surface area (Å²) < 4.78 is 0. The third-order valence-electron chi connectivity index (χ3n) is 3.35. The van der Waals surface area contributed by atoms with Gasteiger partial charge in [-0.1, -0.05) is 13.8 Å². The molecule has 2 heteroatoms. The van der Waals surface area contributed by atoms with E-state index in [-0.39, 0.29) is 23.0 Å².